The van der Waals surface area contributed by atoms with Gasteiger partial charge in [-0.05, 0) is 59.2 Å². The van der Waals surface area contributed by atoms with Crippen LogP contribution in [0.5, 0.6) is 17.2 Å². The smallest absolute Gasteiger partial charge is 0.311 e. The second-order valence-electron chi connectivity index (χ2n) is 10.3. The average molecular weight is 571 g/mol. The lowest BCUT2D eigenvalue weighted by molar-refractivity contribution is -0.386. The molecule has 2 N–H and O–H groups in total. The number of benzene rings is 4. The van der Waals surface area contributed by atoms with E-state index in [-0.39, 0.29) is 36.5 Å². The molecule has 0 amide bonds. The number of aryl methyl sites for hydroxylation is 1. The molecule has 4 aromatic carbocycles. The number of nitrogens with one attached hydrogen (secondary N) is 1. The summed E-state index contributed by atoms with van der Waals surface area (Å²) in [7, 11) is 3.25. The summed E-state index contributed by atoms with van der Waals surface area (Å²) >= 11 is 0. The third-order valence-electron chi connectivity index (χ3n) is 7.40. The van der Waals surface area contributed by atoms with Crippen molar-refractivity contribution in [2.75, 3.05) is 20.8 Å². The van der Waals surface area contributed by atoms with Crippen LogP contribution in [0, 0.1) is 16.0 Å². The first-order valence-corrected chi connectivity index (χ1v) is 14.0. The van der Waals surface area contributed by atoms with Gasteiger partial charge in [0.05, 0.1) is 25.2 Å². The fourth-order valence-corrected chi connectivity index (χ4v) is 5.00. The Morgan fingerprint density at radius 2 is 1.48 bits per heavy atom. The average Bonchev–Trinajstić information content (AvgIpc) is 3.03. The molecule has 0 aliphatic carbocycles. The lowest BCUT2D eigenvalue weighted by atomic mass is 9.89. The third-order valence-corrected chi connectivity index (χ3v) is 7.40. The van der Waals surface area contributed by atoms with Crippen LogP contribution in [0.15, 0.2) is 97.1 Å². The second kappa shape index (κ2) is 15.0. The molecule has 0 saturated heterocycles. The molecule has 8 heteroatoms. The minimum absolute atomic E-state index is 0.0375. The van der Waals surface area contributed by atoms with Gasteiger partial charge in [-0.25, -0.2) is 0 Å². The molecule has 0 heterocycles. The first-order valence-electron chi connectivity index (χ1n) is 14.0. The molecule has 0 radical (unpaired) electrons. The topological polar surface area (TPSA) is 103 Å². The van der Waals surface area contributed by atoms with Crippen molar-refractivity contribution in [1.29, 1.82) is 0 Å². The molecule has 3 unspecified atom stereocenters. The summed E-state index contributed by atoms with van der Waals surface area (Å²) in [6, 6.07) is 30.1. The first-order chi connectivity index (χ1) is 20.4. The number of aliphatic hydroxyl groups is 1. The zero-order chi connectivity index (χ0) is 29.9. The van der Waals surface area contributed by atoms with Crippen molar-refractivity contribution in [3.8, 4) is 17.2 Å². The van der Waals surface area contributed by atoms with Crippen molar-refractivity contribution in [3.05, 3.63) is 129 Å². The van der Waals surface area contributed by atoms with Crippen LogP contribution >= 0.6 is 0 Å². The number of hydrogen-bond acceptors (Lipinski definition) is 7. The van der Waals surface area contributed by atoms with Gasteiger partial charge in [0.15, 0.2) is 17.2 Å². The molecule has 0 aliphatic heterocycles. The Labute approximate surface area is 247 Å². The van der Waals surface area contributed by atoms with E-state index < -0.39 is 11.0 Å². The SMILES string of the molecule is COc1ccc(CCC(C)C(NCC(O)c2ccc(OCc3ccccc3)c([N+](=O)[O-])c2)c2ccccc2)cc1OC. The Balaban J connectivity index is 1.43. The molecular formula is C34H38N2O6. The van der Waals surface area contributed by atoms with Crippen molar-refractivity contribution < 1.29 is 24.2 Å². The third kappa shape index (κ3) is 8.09. The Morgan fingerprint density at radius 1 is 0.810 bits per heavy atom. The van der Waals surface area contributed by atoms with Gasteiger partial charge in [-0.3, -0.25) is 10.1 Å². The van der Waals surface area contributed by atoms with E-state index in [0.717, 1.165) is 29.5 Å². The summed E-state index contributed by atoms with van der Waals surface area (Å²) < 4.78 is 16.6. The van der Waals surface area contributed by atoms with Crippen molar-refractivity contribution in [1.82, 2.24) is 5.32 Å². The molecule has 4 rings (SSSR count). The van der Waals surface area contributed by atoms with Crippen molar-refractivity contribution in [3.63, 3.8) is 0 Å². The quantitative estimate of drug-likeness (QED) is 0.119. The maximum absolute atomic E-state index is 11.8. The van der Waals surface area contributed by atoms with E-state index in [4.69, 9.17) is 14.2 Å². The molecule has 0 saturated carbocycles. The van der Waals surface area contributed by atoms with E-state index in [2.05, 4.69) is 24.4 Å². The van der Waals surface area contributed by atoms with E-state index in [1.165, 1.54) is 6.07 Å². The Hall–Kier alpha value is -4.40. The summed E-state index contributed by atoms with van der Waals surface area (Å²) in [5.41, 5.74) is 3.44. The fraction of sp³-hybridized carbons (Fsp3) is 0.294. The Bertz CT molecular complexity index is 1430. The highest BCUT2D eigenvalue weighted by molar-refractivity contribution is 5.49. The van der Waals surface area contributed by atoms with Crippen LogP contribution in [0.25, 0.3) is 0 Å². The van der Waals surface area contributed by atoms with Gasteiger partial charge < -0.3 is 24.6 Å². The van der Waals surface area contributed by atoms with Crippen LogP contribution in [0.2, 0.25) is 0 Å². The molecule has 0 fully saturated rings. The van der Waals surface area contributed by atoms with Gasteiger partial charge in [0, 0.05) is 18.7 Å². The monoisotopic (exact) mass is 570 g/mol. The lowest BCUT2D eigenvalue weighted by Gasteiger charge is -2.27. The number of nitro benzene ring substituents is 1. The molecule has 4 aromatic rings. The summed E-state index contributed by atoms with van der Waals surface area (Å²) in [6.07, 6.45) is 0.777. The summed E-state index contributed by atoms with van der Waals surface area (Å²) in [5.74, 6) is 1.78. The van der Waals surface area contributed by atoms with E-state index in [0.29, 0.717) is 17.1 Å². The second-order valence-corrected chi connectivity index (χ2v) is 10.3. The van der Waals surface area contributed by atoms with Gasteiger partial charge in [0.2, 0.25) is 0 Å². The minimum atomic E-state index is -0.948. The zero-order valence-corrected chi connectivity index (χ0v) is 24.2. The van der Waals surface area contributed by atoms with Crippen LogP contribution in [0.1, 0.15) is 47.7 Å². The number of aliphatic hydroxyl groups excluding tert-OH is 1. The van der Waals surface area contributed by atoms with Gasteiger partial charge in [0.25, 0.3) is 0 Å². The highest BCUT2D eigenvalue weighted by atomic mass is 16.6. The zero-order valence-electron chi connectivity index (χ0n) is 24.2. The molecule has 0 aliphatic rings. The van der Waals surface area contributed by atoms with Crippen molar-refractivity contribution in [2.24, 2.45) is 5.92 Å². The van der Waals surface area contributed by atoms with Crippen LogP contribution in [0.4, 0.5) is 5.69 Å². The van der Waals surface area contributed by atoms with Crippen LogP contribution in [0.3, 0.4) is 0 Å². The number of methoxy groups -OCH3 is 2. The predicted molar refractivity (Wildman–Crippen MR) is 163 cm³/mol. The molecule has 0 bridgehead atoms. The first kappa shape index (κ1) is 30.6. The minimum Gasteiger partial charge on any atom is -0.493 e. The van der Waals surface area contributed by atoms with Crippen LogP contribution in [-0.2, 0) is 13.0 Å². The summed E-state index contributed by atoms with van der Waals surface area (Å²) in [6.45, 7) is 2.62. The van der Waals surface area contributed by atoms with Crippen molar-refractivity contribution in [2.45, 2.75) is 38.5 Å². The number of hydrogen-bond donors (Lipinski definition) is 2. The molecule has 0 spiro atoms. The molecule has 0 aromatic heterocycles. The number of ether oxygens (including phenoxy) is 3. The highest BCUT2D eigenvalue weighted by Gasteiger charge is 2.23. The summed E-state index contributed by atoms with van der Waals surface area (Å²) in [5, 5.41) is 26.4. The number of rotatable bonds is 15. The fourth-order valence-electron chi connectivity index (χ4n) is 5.00. The van der Waals surface area contributed by atoms with Gasteiger partial charge in [-0.15, -0.1) is 0 Å². The summed E-state index contributed by atoms with van der Waals surface area (Å²) in [4.78, 5) is 11.3. The van der Waals surface area contributed by atoms with E-state index in [1.807, 2.05) is 66.7 Å². The van der Waals surface area contributed by atoms with E-state index in [9.17, 15) is 15.2 Å². The molecular weight excluding hydrogens is 532 g/mol. The Kier molecular flexibility index (Phi) is 10.9. The highest BCUT2D eigenvalue weighted by Crippen LogP contribution is 2.33. The van der Waals surface area contributed by atoms with Crippen molar-refractivity contribution >= 4 is 5.69 Å². The molecule has 8 nitrogen and oxygen atoms in total. The van der Waals surface area contributed by atoms with Gasteiger partial charge >= 0.3 is 5.69 Å². The number of nitrogens with zero attached hydrogens (tertiary/aromatic N) is 1. The molecule has 3 atom stereocenters. The van der Waals surface area contributed by atoms with E-state index >= 15 is 0 Å². The molecule has 220 valence electrons. The number of nitro groups is 1. The predicted octanol–water partition coefficient (Wildman–Crippen LogP) is 6.82. The largest absolute Gasteiger partial charge is 0.493 e. The Morgan fingerprint density at radius 3 is 2.14 bits per heavy atom. The normalized spacial score (nSPS) is 13.1. The lowest BCUT2D eigenvalue weighted by Crippen LogP contribution is -2.31. The standard InChI is InChI=1S/C34H38N2O6/c1-24(14-15-25-16-18-32(40-2)33(20-25)41-3)34(27-12-8-5-9-13-27)35-22-30(37)28-17-19-31(29(21-28)36(38)39)42-23-26-10-6-4-7-11-26/h4-13,16-21,24,30,34-35,37H,14-15,22-23H2,1-3H3. The van der Waals surface area contributed by atoms with Gasteiger partial charge in [0.1, 0.15) is 6.61 Å². The molecule has 42 heavy (non-hydrogen) atoms. The maximum atomic E-state index is 11.8. The van der Waals surface area contributed by atoms with Crippen LogP contribution < -0.4 is 19.5 Å². The van der Waals surface area contributed by atoms with E-state index in [1.54, 1.807) is 26.4 Å². The van der Waals surface area contributed by atoms with Crippen LogP contribution in [-0.4, -0.2) is 30.8 Å². The van der Waals surface area contributed by atoms with Gasteiger partial charge in [-0.2, -0.15) is 0 Å². The van der Waals surface area contributed by atoms with Gasteiger partial charge in [-0.1, -0.05) is 79.7 Å². The maximum Gasteiger partial charge on any atom is 0.311 e.